The van der Waals surface area contributed by atoms with Crippen LogP contribution in [0.15, 0.2) is 29.3 Å². The van der Waals surface area contributed by atoms with Crippen LogP contribution in [0.1, 0.15) is 44.7 Å². The number of aliphatic hydroxyl groups is 1. The Labute approximate surface area is 151 Å². The van der Waals surface area contributed by atoms with Crippen LogP contribution in [0.3, 0.4) is 0 Å². The Morgan fingerprint density at radius 1 is 1.18 bits per heavy atom. The van der Waals surface area contributed by atoms with Gasteiger partial charge in [-0.25, -0.2) is 4.99 Å². The maximum Gasteiger partial charge on any atom is 0.191 e. The van der Waals surface area contributed by atoms with Crippen molar-refractivity contribution in [2.45, 2.75) is 52.7 Å². The van der Waals surface area contributed by atoms with E-state index in [1.165, 1.54) is 11.1 Å². The van der Waals surface area contributed by atoms with Crippen molar-refractivity contribution in [2.24, 2.45) is 4.99 Å². The Balaban J connectivity index is 0.00000441. The van der Waals surface area contributed by atoms with Gasteiger partial charge in [0.1, 0.15) is 0 Å². The molecule has 0 atom stereocenters. The molecule has 126 valence electrons. The number of guanidine groups is 1. The summed E-state index contributed by atoms with van der Waals surface area (Å²) < 4.78 is 0. The maximum atomic E-state index is 10.3. The molecule has 0 saturated heterocycles. The zero-order valence-electron chi connectivity index (χ0n) is 14.1. The topological polar surface area (TPSA) is 56.7 Å². The average molecular weight is 419 g/mol. The van der Waals surface area contributed by atoms with E-state index in [4.69, 9.17) is 0 Å². The molecule has 22 heavy (non-hydrogen) atoms. The number of aryl methyl sites for hydroxylation is 1. The monoisotopic (exact) mass is 419 g/mol. The summed E-state index contributed by atoms with van der Waals surface area (Å²) in [6, 6.07) is 8.35. The first-order chi connectivity index (χ1) is 10.0. The van der Waals surface area contributed by atoms with Crippen molar-refractivity contribution < 1.29 is 5.11 Å². The molecule has 0 aliphatic carbocycles. The molecule has 0 aromatic heterocycles. The first-order valence-electron chi connectivity index (χ1n) is 7.83. The van der Waals surface area contributed by atoms with E-state index in [1.807, 2.05) is 26.8 Å². The molecule has 0 aliphatic heterocycles. The van der Waals surface area contributed by atoms with E-state index in [-0.39, 0.29) is 24.0 Å². The fourth-order valence-electron chi connectivity index (χ4n) is 2.07. The number of rotatable bonds is 7. The first-order valence-corrected chi connectivity index (χ1v) is 7.83. The van der Waals surface area contributed by atoms with Crippen molar-refractivity contribution in [3.05, 3.63) is 35.4 Å². The molecule has 0 heterocycles. The number of hydrogen-bond donors (Lipinski definition) is 3. The van der Waals surface area contributed by atoms with Crippen molar-refractivity contribution in [3.8, 4) is 0 Å². The van der Waals surface area contributed by atoms with E-state index in [0.29, 0.717) is 13.1 Å². The van der Waals surface area contributed by atoms with Gasteiger partial charge in [0.05, 0.1) is 12.1 Å². The number of aliphatic imine (C=N–C) groups is 1. The van der Waals surface area contributed by atoms with Crippen LogP contribution in [0.4, 0.5) is 0 Å². The molecule has 0 amide bonds. The summed E-state index contributed by atoms with van der Waals surface area (Å²) in [7, 11) is 0. The summed E-state index contributed by atoms with van der Waals surface area (Å²) in [6.45, 7) is 10.1. The van der Waals surface area contributed by atoms with Crippen molar-refractivity contribution in [1.29, 1.82) is 0 Å². The fraction of sp³-hybridized carbons (Fsp3) is 0.588. The summed E-state index contributed by atoms with van der Waals surface area (Å²) in [5, 5.41) is 16.8. The predicted octanol–water partition coefficient (Wildman–Crippen LogP) is 3.22. The smallest absolute Gasteiger partial charge is 0.191 e. The average Bonchev–Trinajstić information content (AvgIpc) is 2.50. The van der Waals surface area contributed by atoms with Gasteiger partial charge in [-0.1, -0.05) is 43.7 Å². The molecule has 1 aromatic rings. The standard InChI is InChI=1S/C17H29N3O.HI/c1-5-17(21,6-2)13-20-16(18-7-3)19-12-15-10-8-9-14(4)11-15;/h8-11,21H,5-7,12-13H2,1-4H3,(H2,18,19,20);1H. The molecule has 1 rings (SSSR count). The van der Waals surface area contributed by atoms with Gasteiger partial charge >= 0.3 is 0 Å². The number of nitrogens with zero attached hydrogens (tertiary/aromatic N) is 1. The number of hydrogen-bond acceptors (Lipinski definition) is 2. The second-order valence-electron chi connectivity index (χ2n) is 5.47. The highest BCUT2D eigenvalue weighted by Gasteiger charge is 2.22. The largest absolute Gasteiger partial charge is 0.388 e. The molecule has 0 radical (unpaired) electrons. The second-order valence-corrected chi connectivity index (χ2v) is 5.47. The van der Waals surface area contributed by atoms with Crippen molar-refractivity contribution in [1.82, 2.24) is 10.6 Å². The predicted molar refractivity (Wildman–Crippen MR) is 105 cm³/mol. The van der Waals surface area contributed by atoms with Crippen LogP contribution in [-0.2, 0) is 6.54 Å². The van der Waals surface area contributed by atoms with Gasteiger partial charge in [0.15, 0.2) is 5.96 Å². The van der Waals surface area contributed by atoms with Gasteiger partial charge in [-0.15, -0.1) is 24.0 Å². The summed E-state index contributed by atoms with van der Waals surface area (Å²) in [6.07, 6.45) is 1.46. The molecule has 3 N–H and O–H groups in total. The van der Waals surface area contributed by atoms with Gasteiger partial charge < -0.3 is 15.7 Å². The van der Waals surface area contributed by atoms with Gasteiger partial charge in [0.25, 0.3) is 0 Å². The van der Waals surface area contributed by atoms with Crippen LogP contribution in [0, 0.1) is 6.92 Å². The lowest BCUT2D eigenvalue weighted by Crippen LogP contribution is -2.46. The van der Waals surface area contributed by atoms with Gasteiger partial charge in [-0.2, -0.15) is 0 Å². The van der Waals surface area contributed by atoms with Gasteiger partial charge in [-0.05, 0) is 32.3 Å². The highest BCUT2D eigenvalue weighted by atomic mass is 127. The Bertz CT molecular complexity index is 459. The zero-order valence-corrected chi connectivity index (χ0v) is 16.5. The van der Waals surface area contributed by atoms with Crippen LogP contribution in [0.5, 0.6) is 0 Å². The summed E-state index contributed by atoms with van der Waals surface area (Å²) in [5.74, 6) is 0.749. The molecule has 0 spiro atoms. The molecular formula is C17H30IN3O. The quantitative estimate of drug-likeness (QED) is 0.362. The molecule has 0 bridgehead atoms. The minimum Gasteiger partial charge on any atom is -0.388 e. The van der Waals surface area contributed by atoms with E-state index in [2.05, 4.69) is 40.7 Å². The second kappa shape index (κ2) is 10.8. The molecule has 0 aliphatic rings. The van der Waals surface area contributed by atoms with Crippen LogP contribution >= 0.6 is 24.0 Å². The van der Waals surface area contributed by atoms with Crippen molar-refractivity contribution in [2.75, 3.05) is 13.1 Å². The molecule has 4 nitrogen and oxygen atoms in total. The zero-order chi connectivity index (χ0) is 15.7. The molecule has 0 fully saturated rings. The van der Waals surface area contributed by atoms with E-state index >= 15 is 0 Å². The highest BCUT2D eigenvalue weighted by Crippen LogP contribution is 2.12. The minimum atomic E-state index is -0.667. The van der Waals surface area contributed by atoms with Crippen LogP contribution in [0.25, 0.3) is 0 Å². The van der Waals surface area contributed by atoms with Crippen LogP contribution < -0.4 is 10.6 Å². The molecular weight excluding hydrogens is 389 g/mol. The molecule has 5 heteroatoms. The van der Waals surface area contributed by atoms with E-state index < -0.39 is 5.60 Å². The van der Waals surface area contributed by atoms with Crippen LogP contribution in [-0.4, -0.2) is 29.8 Å². The van der Waals surface area contributed by atoms with Crippen molar-refractivity contribution in [3.63, 3.8) is 0 Å². The summed E-state index contributed by atoms with van der Waals surface area (Å²) in [4.78, 5) is 4.58. The lowest BCUT2D eigenvalue weighted by atomic mass is 9.98. The Hall–Kier alpha value is -0.820. The molecule has 1 aromatic carbocycles. The van der Waals surface area contributed by atoms with Gasteiger partial charge in [0, 0.05) is 13.1 Å². The van der Waals surface area contributed by atoms with E-state index in [9.17, 15) is 5.11 Å². The lowest BCUT2D eigenvalue weighted by Gasteiger charge is -2.26. The highest BCUT2D eigenvalue weighted by molar-refractivity contribution is 14.0. The minimum absolute atomic E-state index is 0. The number of benzene rings is 1. The maximum absolute atomic E-state index is 10.3. The number of halogens is 1. The molecule has 0 saturated carbocycles. The Morgan fingerprint density at radius 2 is 1.86 bits per heavy atom. The number of nitrogens with one attached hydrogen (secondary N) is 2. The van der Waals surface area contributed by atoms with Crippen LogP contribution in [0.2, 0.25) is 0 Å². The first kappa shape index (κ1) is 21.2. The van der Waals surface area contributed by atoms with E-state index in [0.717, 1.165) is 25.3 Å². The Morgan fingerprint density at radius 3 is 2.41 bits per heavy atom. The van der Waals surface area contributed by atoms with E-state index in [1.54, 1.807) is 0 Å². The molecule has 0 unspecified atom stereocenters. The normalized spacial score (nSPS) is 11.8. The van der Waals surface area contributed by atoms with Gasteiger partial charge in [0.2, 0.25) is 0 Å². The third-order valence-electron chi connectivity index (χ3n) is 3.75. The Kier molecular flexibility index (Phi) is 10.4. The van der Waals surface area contributed by atoms with Crippen molar-refractivity contribution >= 4 is 29.9 Å². The van der Waals surface area contributed by atoms with Gasteiger partial charge in [-0.3, -0.25) is 0 Å². The SMILES string of the molecule is CCNC(=NCc1cccc(C)c1)NCC(O)(CC)CC.I. The summed E-state index contributed by atoms with van der Waals surface area (Å²) in [5.41, 5.74) is 1.76. The third kappa shape index (κ3) is 7.45. The fourth-order valence-corrected chi connectivity index (χ4v) is 2.07. The lowest BCUT2D eigenvalue weighted by molar-refractivity contribution is 0.0367. The third-order valence-corrected chi connectivity index (χ3v) is 3.75. The summed E-state index contributed by atoms with van der Waals surface area (Å²) >= 11 is 0.